The molecule has 0 unspecified atom stereocenters. The Balaban J connectivity index is 1.96. The van der Waals surface area contributed by atoms with Crippen molar-refractivity contribution in [3.8, 4) is 5.75 Å². The molecule has 5 nitrogen and oxygen atoms in total. The van der Waals surface area contributed by atoms with Crippen LogP contribution in [0.4, 0.5) is 4.79 Å². The first kappa shape index (κ1) is 21.2. The smallest absolute Gasteiger partial charge is 0.318 e. The summed E-state index contributed by atoms with van der Waals surface area (Å²) in [4.78, 5) is 18.9. The van der Waals surface area contributed by atoms with Crippen molar-refractivity contribution < 1.29 is 9.53 Å². The van der Waals surface area contributed by atoms with Gasteiger partial charge in [-0.2, -0.15) is 0 Å². The third-order valence-corrected chi connectivity index (χ3v) is 4.93. The highest BCUT2D eigenvalue weighted by atomic mass is 32.1. The second kappa shape index (κ2) is 9.22. The summed E-state index contributed by atoms with van der Waals surface area (Å²) in [5, 5.41) is 5.94. The summed E-state index contributed by atoms with van der Waals surface area (Å²) in [5.41, 5.74) is 3.11. The Hall–Kier alpha value is -2.08. The number of rotatable bonds is 7. The first-order chi connectivity index (χ1) is 12.7. The van der Waals surface area contributed by atoms with Crippen LogP contribution in [0.1, 0.15) is 55.9 Å². The maximum atomic E-state index is 12.5. The molecule has 6 heteroatoms. The van der Waals surface area contributed by atoms with Gasteiger partial charge in [-0.25, -0.2) is 9.78 Å². The molecule has 1 aromatic carbocycles. The van der Waals surface area contributed by atoms with Crippen LogP contribution in [0, 0.1) is 13.8 Å². The fraction of sp³-hybridized carbons (Fsp3) is 0.524. The van der Waals surface area contributed by atoms with Crippen molar-refractivity contribution in [1.29, 1.82) is 0 Å². The number of thiazole rings is 1. The number of nitrogens with zero attached hydrogens (tertiary/aromatic N) is 2. The van der Waals surface area contributed by atoms with Crippen LogP contribution < -0.4 is 10.1 Å². The lowest BCUT2D eigenvalue weighted by Gasteiger charge is -2.27. The van der Waals surface area contributed by atoms with Crippen molar-refractivity contribution in [2.45, 2.75) is 66.7 Å². The second-order valence-corrected chi connectivity index (χ2v) is 8.81. The Bertz CT molecular complexity index is 765. The molecule has 0 spiro atoms. The van der Waals surface area contributed by atoms with Crippen LogP contribution in [0.3, 0.4) is 0 Å². The standard InChI is InChI=1S/C21H31N3O2S/c1-7-10-24(20(25)23-21(4,5)6)12-17-14-27-19(22-17)13-26-18-9-8-15(2)16(3)11-18/h8-9,11,14H,7,10,12-13H2,1-6H3,(H,23,25). The van der Waals surface area contributed by atoms with E-state index in [1.165, 1.54) is 11.1 Å². The van der Waals surface area contributed by atoms with E-state index >= 15 is 0 Å². The Morgan fingerprint density at radius 3 is 2.63 bits per heavy atom. The van der Waals surface area contributed by atoms with Gasteiger partial charge < -0.3 is 15.0 Å². The zero-order chi connectivity index (χ0) is 20.0. The molecule has 0 atom stereocenters. The van der Waals surface area contributed by atoms with Gasteiger partial charge in [-0.05, 0) is 64.3 Å². The summed E-state index contributed by atoms with van der Waals surface area (Å²) in [6.45, 7) is 13.8. The van der Waals surface area contributed by atoms with Gasteiger partial charge >= 0.3 is 6.03 Å². The quantitative estimate of drug-likeness (QED) is 0.720. The average molecular weight is 390 g/mol. The highest BCUT2D eigenvalue weighted by Crippen LogP contribution is 2.19. The fourth-order valence-electron chi connectivity index (χ4n) is 2.55. The van der Waals surface area contributed by atoms with Gasteiger partial charge in [0.1, 0.15) is 17.4 Å². The van der Waals surface area contributed by atoms with Crippen molar-refractivity contribution in [2.24, 2.45) is 0 Å². The molecule has 0 radical (unpaired) electrons. The third kappa shape index (κ3) is 6.86. The van der Waals surface area contributed by atoms with Crippen LogP contribution in [-0.4, -0.2) is 28.0 Å². The molecule has 0 bridgehead atoms. The Morgan fingerprint density at radius 1 is 1.26 bits per heavy atom. The van der Waals surface area contributed by atoms with Gasteiger partial charge in [0.15, 0.2) is 0 Å². The molecule has 27 heavy (non-hydrogen) atoms. The maximum Gasteiger partial charge on any atom is 0.318 e. The first-order valence-electron chi connectivity index (χ1n) is 9.38. The van der Waals surface area contributed by atoms with Gasteiger partial charge in [0.2, 0.25) is 0 Å². The summed E-state index contributed by atoms with van der Waals surface area (Å²) in [6, 6.07) is 6.04. The van der Waals surface area contributed by atoms with E-state index in [0.29, 0.717) is 19.7 Å². The van der Waals surface area contributed by atoms with E-state index in [0.717, 1.165) is 22.9 Å². The zero-order valence-electron chi connectivity index (χ0n) is 17.3. The number of hydrogen-bond donors (Lipinski definition) is 1. The third-order valence-electron chi connectivity index (χ3n) is 4.06. The topological polar surface area (TPSA) is 54.5 Å². The number of benzene rings is 1. The van der Waals surface area contributed by atoms with Gasteiger partial charge in [0.05, 0.1) is 12.2 Å². The largest absolute Gasteiger partial charge is 0.486 e. The highest BCUT2D eigenvalue weighted by molar-refractivity contribution is 7.09. The van der Waals surface area contributed by atoms with Gasteiger partial charge in [0, 0.05) is 17.5 Å². The lowest BCUT2D eigenvalue weighted by Crippen LogP contribution is -2.48. The summed E-state index contributed by atoms with van der Waals surface area (Å²) in [7, 11) is 0. The number of aromatic nitrogens is 1. The summed E-state index contributed by atoms with van der Waals surface area (Å²) < 4.78 is 5.86. The molecule has 2 aromatic rings. The minimum absolute atomic E-state index is 0.0507. The molecular weight excluding hydrogens is 358 g/mol. The van der Waals surface area contributed by atoms with Gasteiger partial charge in [-0.15, -0.1) is 11.3 Å². The van der Waals surface area contributed by atoms with E-state index in [1.807, 2.05) is 43.2 Å². The SMILES string of the molecule is CCCN(Cc1csc(COc2ccc(C)c(C)c2)n1)C(=O)NC(C)(C)C. The van der Waals surface area contributed by atoms with Crippen LogP contribution >= 0.6 is 11.3 Å². The monoisotopic (exact) mass is 389 g/mol. The average Bonchev–Trinajstić information content (AvgIpc) is 3.01. The molecule has 1 N–H and O–H groups in total. The predicted molar refractivity (Wildman–Crippen MR) is 111 cm³/mol. The molecule has 0 fully saturated rings. The molecule has 0 saturated heterocycles. The molecule has 1 heterocycles. The van der Waals surface area contributed by atoms with Gasteiger partial charge in [-0.3, -0.25) is 0 Å². The molecule has 2 amide bonds. The minimum atomic E-state index is -0.254. The van der Waals surface area contributed by atoms with Crippen LogP contribution in [-0.2, 0) is 13.2 Å². The van der Waals surface area contributed by atoms with Crippen molar-refractivity contribution in [3.63, 3.8) is 0 Å². The molecule has 0 aliphatic heterocycles. The van der Waals surface area contributed by atoms with Gasteiger partial charge in [-0.1, -0.05) is 13.0 Å². The lowest BCUT2D eigenvalue weighted by molar-refractivity contribution is 0.185. The molecular formula is C21H31N3O2S. The van der Waals surface area contributed by atoms with Crippen LogP contribution in [0.25, 0.3) is 0 Å². The van der Waals surface area contributed by atoms with Gasteiger partial charge in [0.25, 0.3) is 0 Å². The van der Waals surface area contributed by atoms with E-state index in [9.17, 15) is 4.79 Å². The number of carbonyl (C=O) groups is 1. The maximum absolute atomic E-state index is 12.5. The molecule has 0 aliphatic rings. The number of carbonyl (C=O) groups excluding carboxylic acids is 1. The lowest BCUT2D eigenvalue weighted by atomic mass is 10.1. The fourth-order valence-corrected chi connectivity index (χ4v) is 3.25. The zero-order valence-corrected chi connectivity index (χ0v) is 18.1. The number of amides is 2. The van der Waals surface area contributed by atoms with E-state index in [4.69, 9.17) is 4.74 Å². The van der Waals surface area contributed by atoms with Crippen LogP contribution in [0.2, 0.25) is 0 Å². The minimum Gasteiger partial charge on any atom is -0.486 e. The van der Waals surface area contributed by atoms with Crippen molar-refractivity contribution in [1.82, 2.24) is 15.2 Å². The summed E-state index contributed by atoms with van der Waals surface area (Å²) in [5.74, 6) is 0.854. The Labute approximate surface area is 166 Å². The first-order valence-corrected chi connectivity index (χ1v) is 10.3. The second-order valence-electron chi connectivity index (χ2n) is 7.87. The predicted octanol–water partition coefficient (Wildman–Crippen LogP) is 5.06. The van der Waals surface area contributed by atoms with E-state index in [-0.39, 0.29) is 11.6 Å². The van der Waals surface area contributed by atoms with Crippen molar-refractivity contribution >= 4 is 17.4 Å². The van der Waals surface area contributed by atoms with Crippen molar-refractivity contribution in [2.75, 3.05) is 6.54 Å². The highest BCUT2D eigenvalue weighted by Gasteiger charge is 2.20. The van der Waals surface area contributed by atoms with E-state index in [1.54, 1.807) is 11.3 Å². The van der Waals surface area contributed by atoms with Crippen LogP contribution in [0.5, 0.6) is 5.75 Å². The number of nitrogens with one attached hydrogen (secondary N) is 1. The Morgan fingerprint density at radius 2 is 2.00 bits per heavy atom. The number of urea groups is 1. The number of hydrogen-bond acceptors (Lipinski definition) is 4. The van der Waals surface area contributed by atoms with E-state index < -0.39 is 0 Å². The normalized spacial score (nSPS) is 11.3. The molecule has 2 rings (SSSR count). The molecule has 148 valence electrons. The Kier molecular flexibility index (Phi) is 7.25. The summed E-state index contributed by atoms with van der Waals surface area (Å²) in [6.07, 6.45) is 0.907. The molecule has 0 aliphatic carbocycles. The van der Waals surface area contributed by atoms with Crippen molar-refractivity contribution in [3.05, 3.63) is 45.4 Å². The number of aryl methyl sites for hydroxylation is 2. The molecule has 1 aromatic heterocycles. The molecule has 0 saturated carbocycles. The van der Waals surface area contributed by atoms with E-state index in [2.05, 4.69) is 37.1 Å². The summed E-state index contributed by atoms with van der Waals surface area (Å²) >= 11 is 1.57. The number of ether oxygens (including phenoxy) is 1. The van der Waals surface area contributed by atoms with Crippen LogP contribution in [0.15, 0.2) is 23.6 Å².